The van der Waals surface area contributed by atoms with E-state index in [9.17, 15) is 30.0 Å². The first-order valence-electron chi connectivity index (χ1n) is 14.7. The highest BCUT2D eigenvalue weighted by Gasteiger charge is 2.21. The van der Waals surface area contributed by atoms with Crippen LogP contribution < -0.4 is 0 Å². The van der Waals surface area contributed by atoms with Crippen LogP contribution in [0.3, 0.4) is 0 Å². The van der Waals surface area contributed by atoms with E-state index < -0.39 is 25.9 Å². The van der Waals surface area contributed by atoms with Crippen molar-refractivity contribution in [3.05, 3.63) is 168 Å². The molecule has 5 aromatic carbocycles. The van der Waals surface area contributed by atoms with Gasteiger partial charge in [-0.15, -0.1) is 0 Å². The molecule has 7 nitrogen and oxygen atoms in total. The fourth-order valence-electron chi connectivity index (χ4n) is 5.07. The molecule has 262 valence electrons. The third kappa shape index (κ3) is 8.50. The van der Waals surface area contributed by atoms with Gasteiger partial charge >= 0.3 is 0 Å². The minimum Gasteiger partial charge on any atom is -0.361 e. The maximum atomic E-state index is 13.3. The molecule has 8 rings (SSSR count). The van der Waals surface area contributed by atoms with Gasteiger partial charge in [0.1, 0.15) is 17.5 Å². The van der Waals surface area contributed by atoms with Gasteiger partial charge in [-0.25, -0.2) is 38.0 Å². The van der Waals surface area contributed by atoms with E-state index in [1.807, 2.05) is 6.07 Å². The Kier molecular flexibility index (Phi) is 12.3. The molecule has 3 aromatic heterocycles. The molecule has 0 aliphatic carbocycles. The lowest BCUT2D eigenvalue weighted by atomic mass is 10.2. The van der Waals surface area contributed by atoms with Gasteiger partial charge in [-0.2, -0.15) is 0 Å². The molecule has 0 saturated carbocycles. The van der Waals surface area contributed by atoms with E-state index in [1.54, 1.807) is 54.7 Å². The normalized spacial score (nSPS) is 11.3. The van der Waals surface area contributed by atoms with Crippen molar-refractivity contribution in [3.8, 4) is 0 Å². The van der Waals surface area contributed by atoms with Crippen LogP contribution in [0.2, 0.25) is 0 Å². The number of hydrogen-bond donors (Lipinski definition) is 1. The van der Waals surface area contributed by atoms with E-state index in [2.05, 4.69) is 49.2 Å². The molecule has 0 unspecified atom stereocenters. The minimum atomic E-state index is -3.69. The summed E-state index contributed by atoms with van der Waals surface area (Å²) in [4.78, 5) is 3.37. The number of aromatic amines is 1. The fourth-order valence-corrected chi connectivity index (χ4v) is 8.49. The van der Waals surface area contributed by atoms with Crippen LogP contribution in [-0.4, -0.2) is 29.8 Å². The summed E-state index contributed by atoms with van der Waals surface area (Å²) in [5, 5.41) is 1.99. The molecule has 0 aliphatic heterocycles. The monoisotopic (exact) mass is 921 g/mol. The second-order valence-corrected chi connectivity index (χ2v) is 15.1. The standard InChI is InChI=1S/C14H9BrFNO2S.C14H10FNO2S.C8H6FN.Br2/c15-13-9-17(14-7-6-10(16)8-12(13)14)20(18,19)11-4-2-1-3-5-11;15-12-6-7-14-11(10-12)8-9-16(14)19(17,18)13-4-2-1-3-5-13;9-7-1-2-8-6(5-7)3-4-10-8;1-2/h1-9H;1-10H;1-5,10H;. The lowest BCUT2D eigenvalue weighted by Crippen LogP contribution is -2.11. The number of halogens is 6. The summed E-state index contributed by atoms with van der Waals surface area (Å²) in [5.74, 6) is -0.984. The van der Waals surface area contributed by atoms with E-state index in [1.165, 1.54) is 85.2 Å². The van der Waals surface area contributed by atoms with Crippen molar-refractivity contribution in [2.75, 3.05) is 0 Å². The summed E-state index contributed by atoms with van der Waals surface area (Å²) in [6, 6.07) is 32.4. The molecule has 0 amide bonds. The van der Waals surface area contributed by atoms with Crippen LogP contribution in [0.1, 0.15) is 0 Å². The molecule has 0 radical (unpaired) electrons. The van der Waals surface area contributed by atoms with Crippen molar-refractivity contribution in [2.45, 2.75) is 9.79 Å². The zero-order valence-corrected chi connectivity index (χ0v) is 32.4. The highest BCUT2D eigenvalue weighted by Crippen LogP contribution is 2.30. The lowest BCUT2D eigenvalue weighted by molar-refractivity contribution is 0.587. The van der Waals surface area contributed by atoms with Crippen molar-refractivity contribution in [1.29, 1.82) is 0 Å². The maximum Gasteiger partial charge on any atom is 0.268 e. The Bertz CT molecular complexity index is 2650. The zero-order chi connectivity index (χ0) is 36.8. The Morgan fingerprint density at radius 3 is 1.67 bits per heavy atom. The number of nitrogens with one attached hydrogen (secondary N) is 1. The predicted octanol–water partition coefficient (Wildman–Crippen LogP) is 10.8. The number of nitrogens with zero attached hydrogens (tertiary/aromatic N) is 2. The Labute approximate surface area is 315 Å². The summed E-state index contributed by atoms with van der Waals surface area (Å²) < 4.78 is 91.8. The average molecular weight is 924 g/mol. The summed E-state index contributed by atoms with van der Waals surface area (Å²) >= 11 is 8.76. The molecular weight excluding hydrogens is 899 g/mol. The SMILES string of the molecule is BrBr.Fc1ccc2[nH]ccc2c1.O=S(=O)(c1ccccc1)n1cc(Br)c2cc(F)ccc21.O=S(=O)(c1ccccc1)n1ccc2cc(F)ccc21. The van der Waals surface area contributed by atoms with Crippen LogP contribution in [0, 0.1) is 17.5 Å². The van der Waals surface area contributed by atoms with E-state index in [4.69, 9.17) is 0 Å². The Balaban J connectivity index is 0.000000152. The molecule has 1 N–H and O–H groups in total. The van der Waals surface area contributed by atoms with Gasteiger partial charge in [0.05, 0.1) is 20.8 Å². The van der Waals surface area contributed by atoms with Crippen LogP contribution in [0.5, 0.6) is 0 Å². The Hall–Kier alpha value is -4.15. The molecule has 0 spiro atoms. The quantitative estimate of drug-likeness (QED) is 0.190. The third-order valence-corrected chi connectivity index (χ3v) is 11.4. The highest BCUT2D eigenvalue weighted by molar-refractivity contribution is 9.93. The van der Waals surface area contributed by atoms with Crippen LogP contribution in [0.15, 0.2) is 160 Å². The first-order chi connectivity index (χ1) is 24.4. The summed E-state index contributed by atoms with van der Waals surface area (Å²) in [6.07, 6.45) is 4.67. The van der Waals surface area contributed by atoms with Gasteiger partial charge in [0.15, 0.2) is 0 Å². The van der Waals surface area contributed by atoms with Gasteiger partial charge in [-0.05, 0) is 107 Å². The topological polar surface area (TPSA) is 93.9 Å². The number of hydrogen-bond acceptors (Lipinski definition) is 4. The average Bonchev–Trinajstić information content (AvgIpc) is 3.88. The lowest BCUT2D eigenvalue weighted by Gasteiger charge is -2.07. The van der Waals surface area contributed by atoms with Crippen molar-refractivity contribution < 1.29 is 30.0 Å². The van der Waals surface area contributed by atoms with Crippen LogP contribution >= 0.6 is 44.2 Å². The molecule has 0 aliphatic rings. The van der Waals surface area contributed by atoms with E-state index in [0.29, 0.717) is 26.3 Å². The van der Waals surface area contributed by atoms with E-state index in [0.717, 1.165) is 18.8 Å². The zero-order valence-electron chi connectivity index (χ0n) is 26.0. The number of benzene rings is 5. The van der Waals surface area contributed by atoms with E-state index >= 15 is 0 Å². The van der Waals surface area contributed by atoms with Crippen LogP contribution in [0.4, 0.5) is 13.2 Å². The first-order valence-corrected chi connectivity index (χ1v) is 22.0. The molecule has 3 heterocycles. The number of aromatic nitrogens is 3. The molecular formula is C36H25Br3F3N3O4S2. The van der Waals surface area contributed by atoms with Crippen molar-refractivity contribution in [3.63, 3.8) is 0 Å². The van der Waals surface area contributed by atoms with Gasteiger partial charge in [-0.3, -0.25) is 0 Å². The fraction of sp³-hybridized carbons (Fsp3) is 0. The molecule has 8 aromatic rings. The van der Waals surface area contributed by atoms with Gasteiger partial charge in [-0.1, -0.05) is 36.4 Å². The van der Waals surface area contributed by atoms with Crippen LogP contribution in [-0.2, 0) is 20.0 Å². The summed E-state index contributed by atoms with van der Waals surface area (Å²) in [6.45, 7) is 0. The molecule has 0 fully saturated rings. The predicted molar refractivity (Wildman–Crippen MR) is 206 cm³/mol. The Morgan fingerprint density at radius 2 is 1.06 bits per heavy atom. The largest absolute Gasteiger partial charge is 0.361 e. The van der Waals surface area contributed by atoms with Gasteiger partial charge in [0.25, 0.3) is 20.0 Å². The highest BCUT2D eigenvalue weighted by atomic mass is 80.9. The first kappa shape index (κ1) is 38.1. The third-order valence-electron chi connectivity index (χ3n) is 7.42. The molecule has 51 heavy (non-hydrogen) atoms. The van der Waals surface area contributed by atoms with Crippen LogP contribution in [0.25, 0.3) is 32.7 Å². The van der Waals surface area contributed by atoms with Gasteiger partial charge < -0.3 is 4.98 Å². The molecule has 0 atom stereocenters. The second-order valence-electron chi connectivity index (χ2n) is 10.6. The van der Waals surface area contributed by atoms with Crippen molar-refractivity contribution in [2.24, 2.45) is 0 Å². The number of fused-ring (bicyclic) bond motifs is 3. The second kappa shape index (κ2) is 16.5. The maximum absolute atomic E-state index is 13.3. The van der Waals surface area contributed by atoms with E-state index in [-0.39, 0.29) is 21.4 Å². The number of H-pyrrole nitrogens is 1. The van der Waals surface area contributed by atoms with Gasteiger partial charge in [0, 0.05) is 73.0 Å². The summed E-state index contributed by atoms with van der Waals surface area (Å²) in [5.41, 5.74) is 1.87. The molecule has 15 heteroatoms. The van der Waals surface area contributed by atoms with Crippen molar-refractivity contribution in [1.82, 2.24) is 12.9 Å². The minimum absolute atomic E-state index is 0.188. The Morgan fingerprint density at radius 1 is 0.549 bits per heavy atom. The molecule has 0 bridgehead atoms. The summed E-state index contributed by atoms with van der Waals surface area (Å²) in [7, 11) is -7.33. The van der Waals surface area contributed by atoms with Gasteiger partial charge in [0.2, 0.25) is 0 Å². The molecule has 0 saturated heterocycles. The number of rotatable bonds is 4. The van der Waals surface area contributed by atoms with Crippen molar-refractivity contribution >= 4 is 96.9 Å². The smallest absolute Gasteiger partial charge is 0.268 e.